The summed E-state index contributed by atoms with van der Waals surface area (Å²) in [7, 11) is 0. The fourth-order valence-corrected chi connectivity index (χ4v) is 2.07. The van der Waals surface area contributed by atoms with Crippen molar-refractivity contribution in [2.45, 2.75) is 26.3 Å². The van der Waals surface area contributed by atoms with E-state index in [9.17, 15) is 4.79 Å². The number of aromatic nitrogens is 1. The number of hydrogen-bond donors (Lipinski definition) is 3. The smallest absolute Gasteiger partial charge is 0.237 e. The number of aromatic amines is 1. The molecule has 1 aromatic heterocycles. The van der Waals surface area contributed by atoms with E-state index < -0.39 is 6.04 Å². The van der Waals surface area contributed by atoms with Gasteiger partial charge in [-0.3, -0.25) is 4.79 Å². The van der Waals surface area contributed by atoms with Gasteiger partial charge in [0.15, 0.2) is 0 Å². The van der Waals surface area contributed by atoms with E-state index >= 15 is 0 Å². The van der Waals surface area contributed by atoms with E-state index in [0.29, 0.717) is 18.9 Å². The van der Waals surface area contributed by atoms with Crippen LogP contribution in [0.25, 0.3) is 10.9 Å². The van der Waals surface area contributed by atoms with Gasteiger partial charge in [0.25, 0.3) is 0 Å². The lowest BCUT2D eigenvalue weighted by Crippen LogP contribution is -2.43. The third kappa shape index (κ3) is 3.35. The molecule has 1 atom stereocenters. The van der Waals surface area contributed by atoms with Gasteiger partial charge in [-0.15, -0.1) is 0 Å². The van der Waals surface area contributed by atoms with Crippen molar-refractivity contribution in [2.75, 3.05) is 6.54 Å². The van der Waals surface area contributed by atoms with Crippen molar-refractivity contribution in [1.29, 1.82) is 0 Å². The lowest BCUT2D eigenvalue weighted by molar-refractivity contribution is -0.122. The summed E-state index contributed by atoms with van der Waals surface area (Å²) in [6.45, 7) is 4.79. The van der Waals surface area contributed by atoms with Crippen LogP contribution in [0.15, 0.2) is 30.5 Å². The average molecular weight is 259 g/mol. The highest BCUT2D eigenvalue weighted by molar-refractivity contribution is 5.86. The highest BCUT2D eigenvalue weighted by atomic mass is 16.2. The molecule has 4 nitrogen and oxygen atoms in total. The Morgan fingerprint density at radius 3 is 2.84 bits per heavy atom. The molecule has 0 aliphatic rings. The largest absolute Gasteiger partial charge is 0.361 e. The van der Waals surface area contributed by atoms with Crippen LogP contribution >= 0.6 is 0 Å². The number of carbonyl (C=O) groups is 1. The SMILES string of the molecule is CC(C)CNC(=O)C(N)Cc1c[nH]c2ccccc12. The Morgan fingerprint density at radius 1 is 1.37 bits per heavy atom. The van der Waals surface area contributed by atoms with Crippen LogP contribution in [0, 0.1) is 5.92 Å². The average Bonchev–Trinajstić information content (AvgIpc) is 2.79. The zero-order valence-electron chi connectivity index (χ0n) is 11.4. The second kappa shape index (κ2) is 5.89. The zero-order chi connectivity index (χ0) is 13.8. The second-order valence-corrected chi connectivity index (χ2v) is 5.31. The van der Waals surface area contributed by atoms with Crippen molar-refractivity contribution in [3.8, 4) is 0 Å². The number of rotatable bonds is 5. The van der Waals surface area contributed by atoms with Crippen molar-refractivity contribution in [3.63, 3.8) is 0 Å². The molecule has 0 saturated heterocycles. The minimum Gasteiger partial charge on any atom is -0.361 e. The molecule has 4 N–H and O–H groups in total. The van der Waals surface area contributed by atoms with E-state index in [-0.39, 0.29) is 5.91 Å². The minimum absolute atomic E-state index is 0.0843. The first-order chi connectivity index (χ1) is 9.08. The van der Waals surface area contributed by atoms with Crippen molar-refractivity contribution in [3.05, 3.63) is 36.0 Å². The Balaban J connectivity index is 2.02. The summed E-state index contributed by atoms with van der Waals surface area (Å²) in [6, 6.07) is 7.53. The van der Waals surface area contributed by atoms with Gasteiger partial charge in [0, 0.05) is 23.6 Å². The molecular formula is C15H21N3O. The lowest BCUT2D eigenvalue weighted by atomic mass is 10.0. The second-order valence-electron chi connectivity index (χ2n) is 5.31. The maximum absolute atomic E-state index is 11.9. The van der Waals surface area contributed by atoms with Crippen molar-refractivity contribution < 1.29 is 4.79 Å². The summed E-state index contributed by atoms with van der Waals surface area (Å²) in [6.07, 6.45) is 2.48. The molecule has 0 spiro atoms. The molecule has 2 aromatic rings. The summed E-state index contributed by atoms with van der Waals surface area (Å²) >= 11 is 0. The third-order valence-corrected chi connectivity index (χ3v) is 3.14. The first-order valence-electron chi connectivity index (χ1n) is 6.66. The molecule has 2 rings (SSSR count). The van der Waals surface area contributed by atoms with E-state index in [1.165, 1.54) is 0 Å². The Morgan fingerprint density at radius 2 is 2.11 bits per heavy atom. The monoisotopic (exact) mass is 259 g/mol. The highest BCUT2D eigenvalue weighted by Crippen LogP contribution is 2.18. The van der Waals surface area contributed by atoms with Crippen LogP contribution in [0.3, 0.4) is 0 Å². The summed E-state index contributed by atoms with van der Waals surface area (Å²) in [4.78, 5) is 15.1. The third-order valence-electron chi connectivity index (χ3n) is 3.14. The number of carbonyl (C=O) groups excluding carboxylic acids is 1. The van der Waals surface area contributed by atoms with Crippen molar-refractivity contribution in [2.24, 2.45) is 11.7 Å². The van der Waals surface area contributed by atoms with E-state index in [1.54, 1.807) is 0 Å². The van der Waals surface area contributed by atoms with Gasteiger partial charge >= 0.3 is 0 Å². The molecule has 0 fully saturated rings. The number of nitrogens with one attached hydrogen (secondary N) is 2. The number of nitrogens with two attached hydrogens (primary N) is 1. The molecule has 1 unspecified atom stereocenters. The molecule has 0 radical (unpaired) electrons. The van der Waals surface area contributed by atoms with E-state index in [2.05, 4.69) is 24.1 Å². The molecule has 19 heavy (non-hydrogen) atoms. The summed E-state index contributed by atoms with van der Waals surface area (Å²) < 4.78 is 0. The van der Waals surface area contributed by atoms with Crippen LogP contribution in [0.1, 0.15) is 19.4 Å². The molecule has 0 aliphatic carbocycles. The van der Waals surface area contributed by atoms with Crippen LogP contribution < -0.4 is 11.1 Å². The number of fused-ring (bicyclic) bond motifs is 1. The first kappa shape index (κ1) is 13.6. The minimum atomic E-state index is -0.502. The Kier molecular flexibility index (Phi) is 4.22. The molecule has 1 aromatic carbocycles. The fourth-order valence-electron chi connectivity index (χ4n) is 2.07. The fraction of sp³-hybridized carbons (Fsp3) is 0.400. The molecule has 0 aliphatic heterocycles. The maximum atomic E-state index is 11.9. The standard InChI is InChI=1S/C15H21N3O/c1-10(2)8-18-15(19)13(16)7-11-9-17-14-6-4-3-5-12(11)14/h3-6,9-10,13,17H,7-8,16H2,1-2H3,(H,18,19). The van der Waals surface area contributed by atoms with E-state index in [0.717, 1.165) is 16.5 Å². The lowest BCUT2D eigenvalue weighted by Gasteiger charge is -2.13. The molecule has 0 bridgehead atoms. The van der Waals surface area contributed by atoms with Gasteiger partial charge < -0.3 is 16.0 Å². The van der Waals surface area contributed by atoms with Crippen molar-refractivity contribution >= 4 is 16.8 Å². The number of para-hydroxylation sites is 1. The van der Waals surface area contributed by atoms with E-state index in [4.69, 9.17) is 5.73 Å². The van der Waals surface area contributed by atoms with Gasteiger partial charge in [0.05, 0.1) is 6.04 Å². The van der Waals surface area contributed by atoms with Gasteiger partial charge in [0.2, 0.25) is 5.91 Å². The summed E-state index contributed by atoms with van der Waals surface area (Å²) in [5.74, 6) is 0.350. The van der Waals surface area contributed by atoms with Gasteiger partial charge in [0.1, 0.15) is 0 Å². The topological polar surface area (TPSA) is 70.9 Å². The summed E-state index contributed by atoms with van der Waals surface area (Å²) in [5.41, 5.74) is 8.12. The Labute approximate surface area is 113 Å². The maximum Gasteiger partial charge on any atom is 0.237 e. The van der Waals surface area contributed by atoms with Crippen LogP contribution in [0.5, 0.6) is 0 Å². The number of amides is 1. The molecule has 102 valence electrons. The van der Waals surface area contributed by atoms with Crippen LogP contribution in [0.2, 0.25) is 0 Å². The van der Waals surface area contributed by atoms with Crippen LogP contribution in [-0.4, -0.2) is 23.5 Å². The number of H-pyrrole nitrogens is 1. The molecule has 1 heterocycles. The van der Waals surface area contributed by atoms with Gasteiger partial charge in [-0.1, -0.05) is 32.0 Å². The van der Waals surface area contributed by atoms with Gasteiger partial charge in [-0.2, -0.15) is 0 Å². The predicted octanol–water partition coefficient (Wildman–Crippen LogP) is 1.81. The number of benzene rings is 1. The molecular weight excluding hydrogens is 238 g/mol. The Bertz CT molecular complexity index is 559. The normalized spacial score (nSPS) is 12.8. The van der Waals surface area contributed by atoms with E-state index in [1.807, 2.05) is 30.5 Å². The van der Waals surface area contributed by atoms with Crippen LogP contribution in [0.4, 0.5) is 0 Å². The summed E-state index contributed by atoms with van der Waals surface area (Å²) in [5, 5.41) is 4.00. The zero-order valence-corrected chi connectivity index (χ0v) is 11.4. The quantitative estimate of drug-likeness (QED) is 0.766. The molecule has 0 saturated carbocycles. The Hall–Kier alpha value is -1.81. The highest BCUT2D eigenvalue weighted by Gasteiger charge is 2.15. The van der Waals surface area contributed by atoms with Gasteiger partial charge in [-0.25, -0.2) is 0 Å². The van der Waals surface area contributed by atoms with Crippen LogP contribution in [-0.2, 0) is 11.2 Å². The predicted molar refractivity (Wildman–Crippen MR) is 77.8 cm³/mol. The van der Waals surface area contributed by atoms with Crippen molar-refractivity contribution in [1.82, 2.24) is 10.3 Å². The molecule has 4 heteroatoms. The molecule has 1 amide bonds. The first-order valence-corrected chi connectivity index (χ1v) is 6.66. The number of hydrogen-bond acceptors (Lipinski definition) is 2. The van der Waals surface area contributed by atoms with Gasteiger partial charge in [-0.05, 0) is 24.0 Å².